The molecule has 0 bridgehead atoms. The lowest BCUT2D eigenvalue weighted by molar-refractivity contribution is 0.457. The van der Waals surface area contributed by atoms with Gasteiger partial charge in [-0.1, -0.05) is 24.3 Å². The van der Waals surface area contributed by atoms with Crippen LogP contribution in [-0.4, -0.2) is 31.8 Å². The topological polar surface area (TPSA) is 3.24 Å². The largest absolute Gasteiger partial charge is 0.306 e. The van der Waals surface area contributed by atoms with Crippen LogP contribution in [0.2, 0.25) is 0 Å². The van der Waals surface area contributed by atoms with Gasteiger partial charge in [0.15, 0.2) is 0 Å². The summed E-state index contributed by atoms with van der Waals surface area (Å²) in [5.74, 6) is 0. The molecular weight excluding hydrogens is 190 g/mol. The molecule has 0 spiro atoms. The molecule has 0 unspecified atom stereocenters. The number of rotatable bonds is 4. The van der Waals surface area contributed by atoms with E-state index in [0.717, 1.165) is 6.54 Å². The normalized spacial score (nSPS) is 11.4. The number of hydrogen-bond acceptors (Lipinski definition) is 2. The lowest BCUT2D eigenvalue weighted by atomic mass is 10.2. The fourth-order valence-corrected chi connectivity index (χ4v) is 1.52. The summed E-state index contributed by atoms with van der Waals surface area (Å²) in [6.45, 7) is 0.990. The van der Waals surface area contributed by atoms with Gasteiger partial charge in [-0.2, -0.15) is 0 Å². The molecule has 0 amide bonds. The molecule has 0 radical (unpaired) electrons. The molecule has 0 saturated heterocycles. The molecule has 14 heavy (non-hydrogen) atoms. The summed E-state index contributed by atoms with van der Waals surface area (Å²) in [4.78, 5) is 3.46. The van der Waals surface area contributed by atoms with Crippen molar-refractivity contribution >= 4 is 17.8 Å². The highest BCUT2D eigenvalue weighted by Crippen LogP contribution is 2.15. The molecule has 1 nitrogen and oxygen atoms in total. The number of benzene rings is 1. The molecule has 0 aliphatic rings. The third kappa shape index (κ3) is 3.99. The van der Waals surface area contributed by atoms with Crippen molar-refractivity contribution in [1.29, 1.82) is 0 Å². The van der Waals surface area contributed by atoms with E-state index in [1.807, 2.05) is 0 Å². The van der Waals surface area contributed by atoms with Crippen LogP contribution in [0.3, 0.4) is 0 Å². The maximum atomic E-state index is 2.17. The summed E-state index contributed by atoms with van der Waals surface area (Å²) in [7, 11) is 4.14. The smallest absolute Gasteiger partial charge is 0.0160 e. The number of hydrogen-bond donors (Lipinski definition) is 0. The van der Waals surface area contributed by atoms with Gasteiger partial charge >= 0.3 is 0 Å². The molecule has 1 rings (SSSR count). The van der Waals surface area contributed by atoms with Crippen LogP contribution in [0.25, 0.3) is 6.08 Å². The van der Waals surface area contributed by atoms with Crippen LogP contribution in [0, 0.1) is 0 Å². The maximum Gasteiger partial charge on any atom is 0.0160 e. The molecule has 0 fully saturated rings. The summed E-state index contributed by atoms with van der Waals surface area (Å²) < 4.78 is 0. The van der Waals surface area contributed by atoms with Crippen molar-refractivity contribution in [2.24, 2.45) is 0 Å². The first kappa shape index (κ1) is 11.3. The van der Waals surface area contributed by atoms with Gasteiger partial charge in [-0.15, -0.1) is 11.8 Å². The molecule has 0 atom stereocenters. The van der Waals surface area contributed by atoms with E-state index in [1.54, 1.807) is 11.8 Å². The van der Waals surface area contributed by atoms with E-state index < -0.39 is 0 Å². The molecule has 2 heteroatoms. The van der Waals surface area contributed by atoms with Gasteiger partial charge in [0.1, 0.15) is 0 Å². The Labute approximate surface area is 90.8 Å². The van der Waals surface area contributed by atoms with Crippen molar-refractivity contribution in [3.63, 3.8) is 0 Å². The average molecular weight is 207 g/mol. The molecular formula is C12H17NS. The number of nitrogens with zero attached hydrogens (tertiary/aromatic N) is 1. The highest BCUT2D eigenvalue weighted by atomic mass is 32.2. The summed E-state index contributed by atoms with van der Waals surface area (Å²) in [6.07, 6.45) is 6.43. The quantitative estimate of drug-likeness (QED) is 0.698. The summed E-state index contributed by atoms with van der Waals surface area (Å²) in [5, 5.41) is 0. The number of thioether (sulfide) groups is 1. The molecule has 1 aromatic carbocycles. The first-order valence-electron chi connectivity index (χ1n) is 4.67. The van der Waals surface area contributed by atoms with Crippen LogP contribution in [-0.2, 0) is 0 Å². The van der Waals surface area contributed by atoms with Crippen LogP contribution in [0.4, 0.5) is 0 Å². The standard InChI is InChI=1S/C12H17NS/c1-13(2)10-4-5-11-6-8-12(14-3)9-7-11/h4-9H,10H2,1-3H3. The average Bonchev–Trinajstić information content (AvgIpc) is 2.18. The van der Waals surface area contributed by atoms with E-state index in [9.17, 15) is 0 Å². The molecule has 0 saturated carbocycles. The SMILES string of the molecule is CSc1ccc(C=CCN(C)C)cc1. The minimum Gasteiger partial charge on any atom is -0.306 e. The van der Waals surface area contributed by atoms with Gasteiger partial charge in [0.2, 0.25) is 0 Å². The first-order valence-corrected chi connectivity index (χ1v) is 5.90. The minimum absolute atomic E-state index is 0.990. The third-order valence-corrected chi connectivity index (χ3v) is 2.64. The molecule has 0 heterocycles. The van der Waals surface area contributed by atoms with Crippen LogP contribution >= 0.6 is 11.8 Å². The summed E-state index contributed by atoms with van der Waals surface area (Å²) >= 11 is 1.77. The third-order valence-electron chi connectivity index (χ3n) is 1.90. The fraction of sp³-hybridized carbons (Fsp3) is 0.333. The van der Waals surface area contributed by atoms with Gasteiger partial charge in [0.25, 0.3) is 0 Å². The van der Waals surface area contributed by atoms with E-state index in [0.29, 0.717) is 0 Å². The Balaban J connectivity index is 2.55. The molecule has 76 valence electrons. The van der Waals surface area contributed by atoms with Crippen LogP contribution in [0.1, 0.15) is 5.56 Å². The monoisotopic (exact) mass is 207 g/mol. The Kier molecular flexibility index (Phi) is 4.77. The Morgan fingerprint density at radius 1 is 1.21 bits per heavy atom. The van der Waals surface area contributed by atoms with Crippen molar-refractivity contribution in [2.45, 2.75) is 4.90 Å². The van der Waals surface area contributed by atoms with Crippen molar-refractivity contribution in [1.82, 2.24) is 4.90 Å². The Morgan fingerprint density at radius 3 is 2.36 bits per heavy atom. The van der Waals surface area contributed by atoms with E-state index in [1.165, 1.54) is 10.5 Å². The van der Waals surface area contributed by atoms with E-state index >= 15 is 0 Å². The molecule has 0 N–H and O–H groups in total. The van der Waals surface area contributed by atoms with Gasteiger partial charge in [0.05, 0.1) is 0 Å². The second-order valence-corrected chi connectivity index (χ2v) is 4.32. The van der Waals surface area contributed by atoms with Crippen molar-refractivity contribution < 1.29 is 0 Å². The molecule has 0 aliphatic heterocycles. The predicted octanol–water partition coefficient (Wildman–Crippen LogP) is 2.98. The Bertz CT molecular complexity index is 288. The molecule has 0 aromatic heterocycles. The van der Waals surface area contributed by atoms with Crippen molar-refractivity contribution in [3.05, 3.63) is 35.9 Å². The zero-order chi connectivity index (χ0) is 10.4. The van der Waals surface area contributed by atoms with Gasteiger partial charge in [0, 0.05) is 11.4 Å². The van der Waals surface area contributed by atoms with Crippen molar-refractivity contribution in [2.75, 3.05) is 26.9 Å². The lowest BCUT2D eigenvalue weighted by Gasteiger charge is -2.03. The van der Waals surface area contributed by atoms with Gasteiger partial charge in [-0.3, -0.25) is 0 Å². The second kappa shape index (κ2) is 5.89. The highest BCUT2D eigenvalue weighted by Gasteiger charge is 1.89. The van der Waals surface area contributed by atoms with E-state index in [4.69, 9.17) is 0 Å². The zero-order valence-corrected chi connectivity index (χ0v) is 9.84. The summed E-state index contributed by atoms with van der Waals surface area (Å²) in [6, 6.07) is 8.61. The Hall–Kier alpha value is -0.730. The summed E-state index contributed by atoms with van der Waals surface area (Å²) in [5.41, 5.74) is 1.27. The van der Waals surface area contributed by atoms with E-state index in [2.05, 4.69) is 61.7 Å². The van der Waals surface area contributed by atoms with Gasteiger partial charge in [-0.25, -0.2) is 0 Å². The predicted molar refractivity (Wildman–Crippen MR) is 65.8 cm³/mol. The van der Waals surface area contributed by atoms with Gasteiger partial charge in [-0.05, 0) is 38.0 Å². The Morgan fingerprint density at radius 2 is 1.86 bits per heavy atom. The minimum atomic E-state index is 0.990. The van der Waals surface area contributed by atoms with Gasteiger partial charge < -0.3 is 4.90 Å². The zero-order valence-electron chi connectivity index (χ0n) is 9.03. The van der Waals surface area contributed by atoms with Crippen LogP contribution < -0.4 is 0 Å². The first-order chi connectivity index (χ1) is 6.72. The van der Waals surface area contributed by atoms with Crippen LogP contribution in [0.15, 0.2) is 35.2 Å². The fourth-order valence-electron chi connectivity index (χ4n) is 1.11. The molecule has 0 aliphatic carbocycles. The number of likely N-dealkylation sites (N-methyl/N-ethyl adjacent to an activating group) is 1. The van der Waals surface area contributed by atoms with Crippen LogP contribution in [0.5, 0.6) is 0 Å². The second-order valence-electron chi connectivity index (χ2n) is 3.44. The highest BCUT2D eigenvalue weighted by molar-refractivity contribution is 7.98. The molecule has 1 aromatic rings. The van der Waals surface area contributed by atoms with E-state index in [-0.39, 0.29) is 0 Å². The van der Waals surface area contributed by atoms with Crippen molar-refractivity contribution in [3.8, 4) is 0 Å². The lowest BCUT2D eigenvalue weighted by Crippen LogP contribution is -2.10. The maximum absolute atomic E-state index is 2.17.